The Bertz CT molecular complexity index is 1050. The Balaban J connectivity index is 1.42. The van der Waals surface area contributed by atoms with Crippen molar-refractivity contribution < 1.29 is 14.2 Å². The van der Waals surface area contributed by atoms with Gasteiger partial charge in [-0.25, -0.2) is 9.97 Å². The van der Waals surface area contributed by atoms with Crippen LogP contribution in [-0.4, -0.2) is 77.0 Å². The number of nitrogens with one attached hydrogen (secondary N) is 1. The fourth-order valence-corrected chi connectivity index (χ4v) is 4.51. The first-order valence-corrected chi connectivity index (χ1v) is 11.9. The molecule has 176 valence electrons. The highest BCUT2D eigenvalue weighted by atomic mass is 16.5. The number of anilines is 1. The van der Waals surface area contributed by atoms with Crippen molar-refractivity contribution >= 4 is 16.7 Å². The molecule has 9 heteroatoms. The van der Waals surface area contributed by atoms with Gasteiger partial charge in [-0.15, -0.1) is 0 Å². The van der Waals surface area contributed by atoms with Crippen LogP contribution in [0.3, 0.4) is 0 Å². The van der Waals surface area contributed by atoms with Gasteiger partial charge in [-0.05, 0) is 51.3 Å². The number of nitrogens with zero attached hydrogens (tertiary/aromatic N) is 5. The van der Waals surface area contributed by atoms with E-state index >= 15 is 0 Å². The van der Waals surface area contributed by atoms with Crippen LogP contribution in [0.2, 0.25) is 0 Å². The van der Waals surface area contributed by atoms with E-state index in [9.17, 15) is 0 Å². The fourth-order valence-electron chi connectivity index (χ4n) is 4.51. The highest BCUT2D eigenvalue weighted by Gasteiger charge is 2.19. The molecule has 3 aromatic rings. The third-order valence-corrected chi connectivity index (χ3v) is 6.34. The number of imidazole rings is 1. The molecule has 1 aromatic carbocycles. The zero-order valence-electron chi connectivity index (χ0n) is 19.2. The maximum absolute atomic E-state index is 6.15. The molecule has 0 radical (unpaired) electrons. The molecule has 0 unspecified atom stereocenters. The van der Waals surface area contributed by atoms with Gasteiger partial charge in [0, 0.05) is 49.6 Å². The Morgan fingerprint density at radius 2 is 1.97 bits per heavy atom. The lowest BCUT2D eigenvalue weighted by Gasteiger charge is -2.24. The summed E-state index contributed by atoms with van der Waals surface area (Å²) in [5.74, 6) is 2.76. The second kappa shape index (κ2) is 10.4. The summed E-state index contributed by atoms with van der Waals surface area (Å²) >= 11 is 0. The van der Waals surface area contributed by atoms with Crippen LogP contribution in [0.15, 0.2) is 30.9 Å². The third-order valence-electron chi connectivity index (χ3n) is 6.34. The number of aromatic nitrogens is 4. The van der Waals surface area contributed by atoms with Crippen LogP contribution >= 0.6 is 0 Å². The van der Waals surface area contributed by atoms with E-state index in [1.807, 2.05) is 22.9 Å². The molecule has 0 spiro atoms. The minimum absolute atomic E-state index is 0.306. The summed E-state index contributed by atoms with van der Waals surface area (Å²) in [7, 11) is 1.67. The summed E-state index contributed by atoms with van der Waals surface area (Å²) in [4.78, 5) is 16.3. The molecule has 9 nitrogen and oxygen atoms in total. The molecule has 33 heavy (non-hydrogen) atoms. The standard InChI is InChI=1S/C24H32N6O3/c1-31-21-15-19-20(16-22(21)33-12-4-10-29-8-2-3-9-29)27-24(30-11-7-25-17-30)28-23(19)26-18-5-13-32-14-6-18/h7,11,15-18H,2-6,8-10,12-14H2,1H3,(H,26,27,28). The summed E-state index contributed by atoms with van der Waals surface area (Å²) in [6.07, 6.45) is 10.8. The van der Waals surface area contributed by atoms with Crippen LogP contribution in [0.4, 0.5) is 5.82 Å². The zero-order valence-corrected chi connectivity index (χ0v) is 19.2. The molecule has 0 amide bonds. The van der Waals surface area contributed by atoms with Gasteiger partial charge < -0.3 is 24.4 Å². The van der Waals surface area contributed by atoms with Crippen molar-refractivity contribution in [3.05, 3.63) is 30.9 Å². The molecule has 2 saturated heterocycles. The number of likely N-dealkylation sites (tertiary alicyclic amines) is 1. The van der Waals surface area contributed by atoms with Gasteiger partial charge in [0.1, 0.15) is 12.1 Å². The van der Waals surface area contributed by atoms with Crippen molar-refractivity contribution in [2.45, 2.75) is 38.1 Å². The fraction of sp³-hybridized carbons (Fsp3) is 0.542. The maximum atomic E-state index is 6.15. The van der Waals surface area contributed by atoms with Crippen LogP contribution in [0, 0.1) is 0 Å². The second-order valence-electron chi connectivity index (χ2n) is 8.64. The normalized spacial score (nSPS) is 17.5. The van der Waals surface area contributed by atoms with Gasteiger partial charge in [0.25, 0.3) is 0 Å². The smallest absolute Gasteiger partial charge is 0.237 e. The Hall–Kier alpha value is -2.91. The van der Waals surface area contributed by atoms with Crippen molar-refractivity contribution in [2.75, 3.05) is 51.9 Å². The molecule has 2 aliphatic heterocycles. The molecular weight excluding hydrogens is 420 g/mol. The predicted molar refractivity (Wildman–Crippen MR) is 126 cm³/mol. The van der Waals surface area contributed by atoms with Crippen molar-refractivity contribution in [3.8, 4) is 17.4 Å². The summed E-state index contributed by atoms with van der Waals surface area (Å²) in [6, 6.07) is 4.24. The average Bonchev–Trinajstić information content (AvgIpc) is 3.56. The number of benzene rings is 1. The van der Waals surface area contributed by atoms with Gasteiger partial charge in [-0.2, -0.15) is 4.98 Å². The first kappa shape index (κ1) is 21.9. The lowest BCUT2D eigenvalue weighted by molar-refractivity contribution is 0.0904. The molecule has 2 aromatic heterocycles. The number of fused-ring (bicyclic) bond motifs is 1. The van der Waals surface area contributed by atoms with E-state index in [-0.39, 0.29) is 0 Å². The maximum Gasteiger partial charge on any atom is 0.237 e. The predicted octanol–water partition coefficient (Wildman–Crippen LogP) is 3.28. The van der Waals surface area contributed by atoms with Gasteiger partial charge in [0.05, 0.1) is 19.2 Å². The molecule has 2 aliphatic rings. The molecule has 0 saturated carbocycles. The largest absolute Gasteiger partial charge is 0.493 e. The van der Waals surface area contributed by atoms with Crippen LogP contribution in [0.1, 0.15) is 32.1 Å². The highest BCUT2D eigenvalue weighted by Crippen LogP contribution is 2.35. The topological polar surface area (TPSA) is 86.6 Å². The van der Waals surface area contributed by atoms with Gasteiger partial charge in [-0.3, -0.25) is 4.57 Å². The Morgan fingerprint density at radius 1 is 1.12 bits per heavy atom. The van der Waals surface area contributed by atoms with E-state index in [1.165, 1.54) is 25.9 Å². The minimum Gasteiger partial charge on any atom is -0.493 e. The molecule has 0 atom stereocenters. The monoisotopic (exact) mass is 452 g/mol. The third kappa shape index (κ3) is 5.20. The van der Waals surface area contributed by atoms with Crippen molar-refractivity contribution in [1.29, 1.82) is 0 Å². The Morgan fingerprint density at radius 3 is 2.73 bits per heavy atom. The highest BCUT2D eigenvalue weighted by molar-refractivity contribution is 5.92. The number of rotatable bonds is 9. The second-order valence-corrected chi connectivity index (χ2v) is 8.64. The number of hydrogen-bond acceptors (Lipinski definition) is 8. The van der Waals surface area contributed by atoms with Gasteiger partial charge in [-0.1, -0.05) is 0 Å². The van der Waals surface area contributed by atoms with E-state index in [4.69, 9.17) is 24.2 Å². The Labute approximate surface area is 194 Å². The Kier molecular flexibility index (Phi) is 6.87. The SMILES string of the molecule is COc1cc2c(NC3CCOCC3)nc(-n3ccnc3)nc2cc1OCCCN1CCCC1. The van der Waals surface area contributed by atoms with Gasteiger partial charge in [0.2, 0.25) is 5.95 Å². The van der Waals surface area contributed by atoms with Crippen LogP contribution in [-0.2, 0) is 4.74 Å². The summed E-state index contributed by atoms with van der Waals surface area (Å²) in [5, 5.41) is 4.52. The van der Waals surface area contributed by atoms with Crippen LogP contribution < -0.4 is 14.8 Å². The van der Waals surface area contributed by atoms with Crippen LogP contribution in [0.5, 0.6) is 11.5 Å². The molecule has 4 heterocycles. The van der Waals surface area contributed by atoms with E-state index in [0.29, 0.717) is 30.1 Å². The molecule has 0 aliphatic carbocycles. The van der Waals surface area contributed by atoms with Gasteiger partial charge in [0.15, 0.2) is 11.5 Å². The molecule has 0 bridgehead atoms. The lowest BCUT2D eigenvalue weighted by atomic mass is 10.1. The van der Waals surface area contributed by atoms with Crippen LogP contribution in [0.25, 0.3) is 16.9 Å². The number of methoxy groups -OCH3 is 1. The van der Waals surface area contributed by atoms with E-state index in [1.54, 1.807) is 19.6 Å². The van der Waals surface area contributed by atoms with E-state index in [2.05, 4.69) is 15.2 Å². The summed E-state index contributed by atoms with van der Waals surface area (Å²) in [6.45, 7) is 5.64. The molecule has 5 rings (SSSR count). The number of hydrogen-bond donors (Lipinski definition) is 1. The summed E-state index contributed by atoms with van der Waals surface area (Å²) < 4.78 is 19.2. The van der Waals surface area contributed by atoms with Crippen molar-refractivity contribution in [3.63, 3.8) is 0 Å². The molecule has 2 fully saturated rings. The average molecular weight is 453 g/mol. The van der Waals surface area contributed by atoms with Crippen molar-refractivity contribution in [1.82, 2.24) is 24.4 Å². The van der Waals surface area contributed by atoms with E-state index < -0.39 is 0 Å². The first-order chi connectivity index (χ1) is 16.3. The summed E-state index contributed by atoms with van der Waals surface area (Å²) in [5.41, 5.74) is 0.804. The zero-order chi connectivity index (χ0) is 22.5. The first-order valence-electron chi connectivity index (χ1n) is 11.9. The molecule has 1 N–H and O–H groups in total. The quantitative estimate of drug-likeness (QED) is 0.495. The van der Waals surface area contributed by atoms with Gasteiger partial charge >= 0.3 is 0 Å². The number of ether oxygens (including phenoxy) is 3. The van der Waals surface area contributed by atoms with E-state index in [0.717, 1.165) is 55.7 Å². The lowest BCUT2D eigenvalue weighted by Crippen LogP contribution is -2.28. The van der Waals surface area contributed by atoms with Crippen molar-refractivity contribution in [2.24, 2.45) is 0 Å². The minimum atomic E-state index is 0.306. The molecular formula is C24H32N6O3.